The third kappa shape index (κ3) is 18.1. The van der Waals surface area contributed by atoms with E-state index in [1.807, 2.05) is 0 Å². The molecule has 4 nitrogen and oxygen atoms in total. The van der Waals surface area contributed by atoms with Gasteiger partial charge in [0, 0.05) is 20.5 Å². The maximum Gasteiger partial charge on any atom is 0.306 e. The van der Waals surface area contributed by atoms with Crippen LogP contribution in [-0.4, -0.2) is 37.0 Å². The Morgan fingerprint density at radius 1 is 0.821 bits per heavy atom. The predicted octanol–water partition coefficient (Wildman–Crippen LogP) is 6.43. The van der Waals surface area contributed by atoms with Gasteiger partial charge in [-0.1, -0.05) is 70.4 Å². The first-order valence-electron chi connectivity index (χ1n) is 11.5. The van der Waals surface area contributed by atoms with Crippen LogP contribution in [0.25, 0.3) is 0 Å². The summed E-state index contributed by atoms with van der Waals surface area (Å²) in [5.74, 6) is -0.196. The fourth-order valence-corrected chi connectivity index (χ4v) is 3.09. The average molecular weight is 396 g/mol. The van der Waals surface area contributed by atoms with Gasteiger partial charge in [-0.15, -0.1) is 0 Å². The molecule has 1 atom stereocenters. The average Bonchev–Trinajstić information content (AvgIpc) is 2.64. The third-order valence-corrected chi connectivity index (χ3v) is 4.94. The molecule has 0 aromatic rings. The molecule has 164 valence electrons. The highest BCUT2D eigenvalue weighted by Gasteiger charge is 2.14. The lowest BCUT2D eigenvalue weighted by Gasteiger charge is -2.15. The summed E-state index contributed by atoms with van der Waals surface area (Å²) >= 11 is 0. The molecule has 0 aromatic carbocycles. The first-order chi connectivity index (χ1) is 13.5. The lowest BCUT2D eigenvalue weighted by Crippen LogP contribution is -2.27. The molecule has 0 bridgehead atoms. The lowest BCUT2D eigenvalue weighted by molar-refractivity contribution is -0.150. The van der Waals surface area contributed by atoms with Crippen LogP contribution in [0.2, 0.25) is 0 Å². The molecule has 0 aromatic heterocycles. The normalized spacial score (nSPS) is 12.3. The van der Waals surface area contributed by atoms with E-state index >= 15 is 0 Å². The fourth-order valence-electron chi connectivity index (χ4n) is 3.09. The van der Waals surface area contributed by atoms with Gasteiger partial charge in [-0.05, 0) is 39.0 Å². The number of rotatable bonds is 18. The number of hydrogen-bond acceptors (Lipinski definition) is 3. The van der Waals surface area contributed by atoms with Crippen LogP contribution in [0, 0.1) is 0 Å². The smallest absolute Gasteiger partial charge is 0.306 e. The van der Waals surface area contributed by atoms with Crippen molar-refractivity contribution >= 4 is 11.9 Å². The number of esters is 1. The molecule has 0 aliphatic rings. The van der Waals surface area contributed by atoms with Crippen LogP contribution in [0.1, 0.15) is 110 Å². The molecule has 0 unspecified atom stereocenters. The zero-order chi connectivity index (χ0) is 21.0. The third-order valence-electron chi connectivity index (χ3n) is 4.94. The Labute approximate surface area is 174 Å². The first kappa shape index (κ1) is 26.7. The van der Waals surface area contributed by atoms with Crippen LogP contribution in [0.15, 0.2) is 12.2 Å². The summed E-state index contributed by atoms with van der Waals surface area (Å²) < 4.78 is 5.29. The van der Waals surface area contributed by atoms with E-state index in [4.69, 9.17) is 4.74 Å². The number of hydrogen-bond donors (Lipinski definition) is 0. The van der Waals surface area contributed by atoms with Gasteiger partial charge >= 0.3 is 5.97 Å². The van der Waals surface area contributed by atoms with E-state index in [0.29, 0.717) is 6.42 Å². The largest absolute Gasteiger partial charge is 0.462 e. The Morgan fingerprint density at radius 3 is 1.86 bits per heavy atom. The summed E-state index contributed by atoms with van der Waals surface area (Å²) in [6, 6.07) is 0. The van der Waals surface area contributed by atoms with Gasteiger partial charge in [0.1, 0.15) is 6.10 Å². The Bertz CT molecular complexity index is 418. The van der Waals surface area contributed by atoms with Crippen molar-refractivity contribution in [3.8, 4) is 0 Å². The molecular weight excluding hydrogens is 350 g/mol. The Morgan fingerprint density at radius 2 is 1.32 bits per heavy atom. The number of ether oxygens (including phenoxy) is 1. The number of allylic oxidation sites excluding steroid dienone is 2. The van der Waals surface area contributed by atoms with Gasteiger partial charge < -0.3 is 9.64 Å². The van der Waals surface area contributed by atoms with E-state index in [1.54, 1.807) is 21.0 Å². The van der Waals surface area contributed by atoms with E-state index in [9.17, 15) is 9.59 Å². The minimum Gasteiger partial charge on any atom is -0.462 e. The van der Waals surface area contributed by atoms with Gasteiger partial charge in [-0.2, -0.15) is 0 Å². The first-order valence-corrected chi connectivity index (χ1v) is 11.5. The summed E-state index contributed by atoms with van der Waals surface area (Å²) in [5, 5.41) is 0. The zero-order valence-electron chi connectivity index (χ0n) is 19.0. The van der Waals surface area contributed by atoms with Crippen LogP contribution in [-0.2, 0) is 14.3 Å². The second-order valence-corrected chi connectivity index (χ2v) is 8.13. The lowest BCUT2D eigenvalue weighted by atomic mass is 10.1. The van der Waals surface area contributed by atoms with Crippen molar-refractivity contribution in [2.24, 2.45) is 0 Å². The second kappa shape index (κ2) is 19.0. The van der Waals surface area contributed by atoms with E-state index in [2.05, 4.69) is 19.1 Å². The minimum absolute atomic E-state index is 0.0127. The molecule has 0 aliphatic carbocycles. The van der Waals surface area contributed by atoms with Crippen molar-refractivity contribution < 1.29 is 14.3 Å². The maximum absolute atomic E-state index is 11.8. The van der Waals surface area contributed by atoms with Gasteiger partial charge in [-0.3, -0.25) is 9.59 Å². The van der Waals surface area contributed by atoms with E-state index in [-0.39, 0.29) is 24.4 Å². The minimum atomic E-state index is -0.342. The zero-order valence-corrected chi connectivity index (χ0v) is 19.0. The topological polar surface area (TPSA) is 46.6 Å². The molecule has 0 radical (unpaired) electrons. The van der Waals surface area contributed by atoms with Crippen LogP contribution in [0.4, 0.5) is 0 Å². The van der Waals surface area contributed by atoms with Crippen molar-refractivity contribution in [2.45, 2.75) is 116 Å². The van der Waals surface area contributed by atoms with Crippen LogP contribution in [0.3, 0.4) is 0 Å². The molecule has 1 amide bonds. The molecule has 28 heavy (non-hydrogen) atoms. The highest BCUT2D eigenvalue weighted by atomic mass is 16.5. The molecule has 0 heterocycles. The monoisotopic (exact) mass is 395 g/mol. The second-order valence-electron chi connectivity index (χ2n) is 8.13. The number of amides is 1. The molecule has 4 heteroatoms. The number of carbonyl (C=O) groups excluding carboxylic acids is 2. The van der Waals surface area contributed by atoms with Gasteiger partial charge in [0.2, 0.25) is 5.91 Å². The van der Waals surface area contributed by atoms with E-state index < -0.39 is 0 Å². The summed E-state index contributed by atoms with van der Waals surface area (Å²) in [4.78, 5) is 24.9. The Kier molecular flexibility index (Phi) is 18.1. The van der Waals surface area contributed by atoms with E-state index in [1.165, 1.54) is 75.5 Å². The summed E-state index contributed by atoms with van der Waals surface area (Å²) in [6.45, 7) is 4.04. The van der Waals surface area contributed by atoms with Crippen molar-refractivity contribution in [3.05, 3.63) is 12.2 Å². The molecule has 0 N–H and O–H groups in total. The van der Waals surface area contributed by atoms with Gasteiger partial charge in [0.15, 0.2) is 0 Å². The molecular formula is C24H45NO3. The van der Waals surface area contributed by atoms with Gasteiger partial charge in [0.05, 0.1) is 6.42 Å². The van der Waals surface area contributed by atoms with E-state index in [0.717, 1.165) is 12.8 Å². The highest BCUT2D eigenvalue weighted by molar-refractivity contribution is 5.76. The van der Waals surface area contributed by atoms with Crippen molar-refractivity contribution in [3.63, 3.8) is 0 Å². The SMILES string of the molecule is CCCCCCCC/C=C/CCCCCCCC(=O)O[C@@H](C)CC(=O)N(C)C. The maximum atomic E-state index is 11.8. The molecule has 0 spiro atoms. The van der Waals surface area contributed by atoms with Crippen molar-refractivity contribution in [1.82, 2.24) is 4.90 Å². The predicted molar refractivity (Wildman–Crippen MR) is 118 cm³/mol. The van der Waals surface area contributed by atoms with Crippen molar-refractivity contribution in [2.75, 3.05) is 14.1 Å². The molecule has 0 saturated heterocycles. The van der Waals surface area contributed by atoms with Gasteiger partial charge in [-0.25, -0.2) is 0 Å². The highest BCUT2D eigenvalue weighted by Crippen LogP contribution is 2.11. The molecule has 0 aliphatic heterocycles. The fraction of sp³-hybridized carbons (Fsp3) is 0.833. The summed E-state index contributed by atoms with van der Waals surface area (Å²) in [5.41, 5.74) is 0. The summed E-state index contributed by atoms with van der Waals surface area (Å²) in [6.07, 6.45) is 21.2. The number of carbonyl (C=O) groups is 2. The molecule has 0 saturated carbocycles. The number of nitrogens with zero attached hydrogens (tertiary/aromatic N) is 1. The van der Waals surface area contributed by atoms with Crippen LogP contribution < -0.4 is 0 Å². The Hall–Kier alpha value is -1.32. The Balaban J connectivity index is 3.41. The molecule has 0 rings (SSSR count). The van der Waals surface area contributed by atoms with Crippen LogP contribution >= 0.6 is 0 Å². The van der Waals surface area contributed by atoms with Gasteiger partial charge in [0.25, 0.3) is 0 Å². The van der Waals surface area contributed by atoms with Crippen molar-refractivity contribution in [1.29, 1.82) is 0 Å². The quantitative estimate of drug-likeness (QED) is 0.152. The van der Waals surface area contributed by atoms with Crippen LogP contribution in [0.5, 0.6) is 0 Å². The number of unbranched alkanes of at least 4 members (excludes halogenated alkanes) is 11. The standard InChI is InChI=1S/C24H45NO3/c1-5-6-7-8-9-10-11-12-13-14-15-16-17-18-19-20-24(27)28-22(2)21-23(26)25(3)4/h12-13,22H,5-11,14-21H2,1-4H3/b13-12+/t22-/m0/s1. The summed E-state index contributed by atoms with van der Waals surface area (Å²) in [7, 11) is 3.42. The molecule has 0 fully saturated rings.